The van der Waals surface area contributed by atoms with Crippen molar-refractivity contribution < 1.29 is 4.79 Å². The molecule has 1 atom stereocenters. The summed E-state index contributed by atoms with van der Waals surface area (Å²) in [4.78, 5) is 14.6. The van der Waals surface area contributed by atoms with Gasteiger partial charge in [0, 0.05) is 0 Å². The lowest BCUT2D eigenvalue weighted by molar-refractivity contribution is -0.107. The highest BCUT2D eigenvalue weighted by molar-refractivity contribution is 7.16. The van der Waals surface area contributed by atoms with Gasteiger partial charge in [-0.3, -0.25) is 0 Å². The molecule has 0 aliphatic carbocycles. The van der Waals surface area contributed by atoms with E-state index < -0.39 is 5.38 Å². The van der Waals surface area contributed by atoms with Crippen LogP contribution < -0.4 is 0 Å². The molecule has 0 bridgehead atoms. The number of nitrogens with zero attached hydrogens (tertiary/aromatic N) is 1. The molecule has 1 aromatic carbocycles. The van der Waals surface area contributed by atoms with Crippen molar-refractivity contribution in [3.63, 3.8) is 0 Å². The fraction of sp³-hybridized carbons (Fsp3) is 0.200. The maximum Gasteiger partial charge on any atom is 0.138 e. The lowest BCUT2D eigenvalue weighted by Gasteiger charge is -2.01. The molecular formula is C10H8ClNOS. The van der Waals surface area contributed by atoms with Crippen LogP contribution in [0.3, 0.4) is 0 Å². The Kier molecular flexibility index (Phi) is 2.79. The second kappa shape index (κ2) is 4.07. The first kappa shape index (κ1) is 9.62. The summed E-state index contributed by atoms with van der Waals surface area (Å²) < 4.78 is 1.14. The predicted octanol–water partition coefficient (Wildman–Crippen LogP) is 2.65. The molecule has 1 heterocycles. The van der Waals surface area contributed by atoms with Crippen molar-refractivity contribution in [1.82, 2.24) is 4.98 Å². The second-order valence-corrected chi connectivity index (χ2v) is 4.46. The molecule has 4 heteroatoms. The monoisotopic (exact) mass is 225 g/mol. The number of alkyl halides is 1. The van der Waals surface area contributed by atoms with Gasteiger partial charge in [0.2, 0.25) is 0 Å². The topological polar surface area (TPSA) is 30.0 Å². The van der Waals surface area contributed by atoms with Crippen LogP contribution in [0.4, 0.5) is 0 Å². The van der Waals surface area contributed by atoms with Gasteiger partial charge in [0.1, 0.15) is 6.29 Å². The normalized spacial score (nSPS) is 12.9. The Morgan fingerprint density at radius 2 is 2.43 bits per heavy atom. The summed E-state index contributed by atoms with van der Waals surface area (Å²) in [5.74, 6) is 0. The fourth-order valence-corrected chi connectivity index (χ4v) is 2.22. The van der Waals surface area contributed by atoms with E-state index >= 15 is 0 Å². The molecule has 0 aliphatic rings. The Balaban J connectivity index is 2.29. The number of aromatic nitrogens is 1. The maximum absolute atomic E-state index is 10.4. The number of benzene rings is 1. The molecule has 0 fully saturated rings. The minimum absolute atomic E-state index is 0.430. The molecule has 2 aromatic rings. The first-order valence-corrected chi connectivity index (χ1v) is 5.52. The van der Waals surface area contributed by atoms with E-state index in [0.717, 1.165) is 22.1 Å². The largest absolute Gasteiger partial charge is 0.302 e. The van der Waals surface area contributed by atoms with Gasteiger partial charge in [-0.2, -0.15) is 0 Å². The molecule has 14 heavy (non-hydrogen) atoms. The van der Waals surface area contributed by atoms with Crippen molar-refractivity contribution in [2.75, 3.05) is 0 Å². The minimum Gasteiger partial charge on any atom is -0.302 e. The molecule has 2 rings (SSSR count). The van der Waals surface area contributed by atoms with Crippen molar-refractivity contribution in [2.24, 2.45) is 0 Å². The van der Waals surface area contributed by atoms with E-state index in [0.29, 0.717) is 6.42 Å². The Morgan fingerprint density at radius 3 is 3.21 bits per heavy atom. The van der Waals surface area contributed by atoms with Crippen molar-refractivity contribution in [3.8, 4) is 0 Å². The Bertz CT molecular complexity index is 454. The smallest absolute Gasteiger partial charge is 0.138 e. The van der Waals surface area contributed by atoms with Gasteiger partial charge in [-0.1, -0.05) is 6.07 Å². The Hall–Kier alpha value is -0.930. The highest BCUT2D eigenvalue weighted by Gasteiger charge is 2.05. The molecule has 0 radical (unpaired) electrons. The molecule has 1 aromatic heterocycles. The van der Waals surface area contributed by atoms with Gasteiger partial charge in [0.15, 0.2) is 0 Å². The van der Waals surface area contributed by atoms with Crippen molar-refractivity contribution in [1.29, 1.82) is 0 Å². The molecule has 72 valence electrons. The third-order valence-electron chi connectivity index (χ3n) is 1.97. The van der Waals surface area contributed by atoms with Gasteiger partial charge in [0.25, 0.3) is 0 Å². The summed E-state index contributed by atoms with van der Waals surface area (Å²) in [6.07, 6.45) is 1.34. The SMILES string of the molecule is O=CC(Cl)Cc1ccc2ncsc2c1. The molecule has 0 amide bonds. The number of hydrogen-bond acceptors (Lipinski definition) is 3. The number of halogens is 1. The predicted molar refractivity (Wildman–Crippen MR) is 59.0 cm³/mol. The lowest BCUT2D eigenvalue weighted by atomic mass is 10.1. The molecule has 1 unspecified atom stereocenters. The van der Waals surface area contributed by atoms with Crippen LogP contribution in [0, 0.1) is 0 Å². The number of rotatable bonds is 3. The third-order valence-corrected chi connectivity index (χ3v) is 3.02. The molecule has 0 spiro atoms. The van der Waals surface area contributed by atoms with Crippen molar-refractivity contribution in [3.05, 3.63) is 29.3 Å². The molecule has 0 N–H and O–H groups in total. The number of thiazole rings is 1. The highest BCUT2D eigenvalue weighted by Crippen LogP contribution is 2.20. The van der Waals surface area contributed by atoms with E-state index in [-0.39, 0.29) is 0 Å². The number of aldehydes is 1. The van der Waals surface area contributed by atoms with Gasteiger partial charge in [-0.05, 0) is 24.1 Å². The molecule has 0 saturated heterocycles. The lowest BCUT2D eigenvalue weighted by Crippen LogP contribution is -2.03. The van der Waals surface area contributed by atoms with E-state index in [1.807, 2.05) is 23.7 Å². The zero-order chi connectivity index (χ0) is 9.97. The van der Waals surface area contributed by atoms with Crippen LogP contribution in [0.15, 0.2) is 23.7 Å². The quantitative estimate of drug-likeness (QED) is 0.594. The minimum atomic E-state index is -0.430. The molecular weight excluding hydrogens is 218 g/mol. The standard InChI is InChI=1S/C10H8ClNOS/c11-8(5-13)3-7-1-2-9-10(4-7)14-6-12-9/h1-2,4-6,8H,3H2. The van der Waals surface area contributed by atoms with Gasteiger partial charge in [0.05, 0.1) is 21.1 Å². The zero-order valence-corrected chi connectivity index (χ0v) is 8.89. The molecule has 2 nitrogen and oxygen atoms in total. The van der Waals surface area contributed by atoms with Crippen LogP contribution in [0.5, 0.6) is 0 Å². The Labute approximate surface area is 90.5 Å². The third kappa shape index (κ3) is 1.94. The van der Waals surface area contributed by atoms with Crippen LogP contribution in [0.2, 0.25) is 0 Å². The summed E-state index contributed by atoms with van der Waals surface area (Å²) in [5.41, 5.74) is 3.89. The number of carbonyl (C=O) groups excluding carboxylic acids is 1. The highest BCUT2D eigenvalue weighted by atomic mass is 35.5. The van der Waals surface area contributed by atoms with Crippen LogP contribution in [0.25, 0.3) is 10.2 Å². The summed E-state index contributed by atoms with van der Waals surface area (Å²) in [6, 6.07) is 5.95. The van der Waals surface area contributed by atoms with Crippen LogP contribution in [-0.2, 0) is 11.2 Å². The van der Waals surface area contributed by atoms with Crippen molar-refractivity contribution >= 4 is 39.4 Å². The number of hydrogen-bond donors (Lipinski definition) is 0. The van der Waals surface area contributed by atoms with E-state index in [1.165, 1.54) is 0 Å². The average Bonchev–Trinajstić information content (AvgIpc) is 2.64. The van der Waals surface area contributed by atoms with Gasteiger partial charge in [-0.15, -0.1) is 22.9 Å². The first-order valence-electron chi connectivity index (χ1n) is 4.21. The van der Waals surface area contributed by atoms with E-state index in [9.17, 15) is 4.79 Å². The van der Waals surface area contributed by atoms with Gasteiger partial charge in [-0.25, -0.2) is 4.98 Å². The van der Waals surface area contributed by atoms with Crippen LogP contribution in [0.1, 0.15) is 5.56 Å². The number of carbonyl (C=O) groups is 1. The summed E-state index contributed by atoms with van der Waals surface area (Å²) >= 11 is 7.34. The summed E-state index contributed by atoms with van der Waals surface area (Å²) in [6.45, 7) is 0. The number of fused-ring (bicyclic) bond motifs is 1. The van der Waals surface area contributed by atoms with Gasteiger partial charge >= 0.3 is 0 Å². The second-order valence-electron chi connectivity index (χ2n) is 3.01. The van der Waals surface area contributed by atoms with Gasteiger partial charge < -0.3 is 4.79 Å². The van der Waals surface area contributed by atoms with Crippen LogP contribution >= 0.6 is 22.9 Å². The summed E-state index contributed by atoms with van der Waals surface area (Å²) in [7, 11) is 0. The van der Waals surface area contributed by atoms with Crippen molar-refractivity contribution in [2.45, 2.75) is 11.8 Å². The van der Waals surface area contributed by atoms with Crippen LogP contribution in [-0.4, -0.2) is 16.6 Å². The van der Waals surface area contributed by atoms with E-state index in [2.05, 4.69) is 4.98 Å². The van der Waals surface area contributed by atoms with E-state index in [1.54, 1.807) is 11.3 Å². The summed E-state index contributed by atoms with van der Waals surface area (Å²) in [5, 5.41) is -0.430. The van der Waals surface area contributed by atoms with E-state index in [4.69, 9.17) is 11.6 Å². The Morgan fingerprint density at radius 1 is 1.57 bits per heavy atom. The molecule has 0 saturated carbocycles. The molecule has 0 aliphatic heterocycles. The first-order chi connectivity index (χ1) is 6.79. The fourth-order valence-electron chi connectivity index (χ4n) is 1.30. The average molecular weight is 226 g/mol. The maximum atomic E-state index is 10.4. The zero-order valence-electron chi connectivity index (χ0n) is 7.31.